The number of halogens is 1. The lowest BCUT2D eigenvalue weighted by Gasteiger charge is -2.32. The second kappa shape index (κ2) is 9.93. The topological polar surface area (TPSA) is 61.4 Å². The van der Waals surface area contributed by atoms with Crippen LogP contribution in [-0.4, -0.2) is 42.9 Å². The largest absolute Gasteiger partial charge is 0.352 e. The number of piperidine rings is 1. The second-order valence-electron chi connectivity index (χ2n) is 7.28. The van der Waals surface area contributed by atoms with E-state index < -0.39 is 0 Å². The smallest absolute Gasteiger partial charge is 0.253 e. The zero-order chi connectivity index (χ0) is 17.6. The van der Waals surface area contributed by atoms with E-state index in [1.807, 2.05) is 36.2 Å². The van der Waals surface area contributed by atoms with Crippen LogP contribution in [0, 0.1) is 5.92 Å². The van der Waals surface area contributed by atoms with Gasteiger partial charge in [-0.05, 0) is 50.4 Å². The van der Waals surface area contributed by atoms with E-state index >= 15 is 0 Å². The summed E-state index contributed by atoms with van der Waals surface area (Å²) in [5, 5.41) is 6.29. The van der Waals surface area contributed by atoms with E-state index in [4.69, 9.17) is 0 Å². The van der Waals surface area contributed by atoms with Crippen molar-refractivity contribution in [1.29, 1.82) is 0 Å². The van der Waals surface area contributed by atoms with Crippen molar-refractivity contribution in [3.05, 3.63) is 35.4 Å². The van der Waals surface area contributed by atoms with Crippen LogP contribution in [0.15, 0.2) is 24.3 Å². The van der Waals surface area contributed by atoms with Gasteiger partial charge in [-0.15, -0.1) is 12.4 Å². The summed E-state index contributed by atoms with van der Waals surface area (Å²) in [6.07, 6.45) is 6.54. The fourth-order valence-electron chi connectivity index (χ4n) is 3.87. The Morgan fingerprint density at radius 3 is 2.42 bits per heavy atom. The Bertz CT molecular complexity index is 600. The summed E-state index contributed by atoms with van der Waals surface area (Å²) >= 11 is 0. The molecule has 1 aromatic rings. The molecule has 2 aliphatic rings. The third kappa shape index (κ3) is 5.21. The predicted octanol–water partition coefficient (Wildman–Crippen LogP) is 2.74. The van der Waals surface area contributed by atoms with E-state index in [1.165, 1.54) is 12.8 Å². The van der Waals surface area contributed by atoms with Crippen LogP contribution in [0.2, 0.25) is 0 Å². The maximum absolute atomic E-state index is 12.6. The number of nitrogens with one attached hydrogen (secondary N) is 2. The molecule has 1 atom stereocenters. The quantitative estimate of drug-likeness (QED) is 0.826. The van der Waals surface area contributed by atoms with Crippen LogP contribution in [0.3, 0.4) is 0 Å². The molecule has 1 saturated heterocycles. The number of carbonyl (C=O) groups excluding carboxylic acids is 2. The highest BCUT2D eigenvalue weighted by Gasteiger charge is 2.24. The first-order valence-corrected chi connectivity index (χ1v) is 9.50. The average molecular weight is 380 g/mol. The Kier molecular flexibility index (Phi) is 7.91. The van der Waals surface area contributed by atoms with E-state index in [2.05, 4.69) is 10.6 Å². The van der Waals surface area contributed by atoms with E-state index in [-0.39, 0.29) is 30.1 Å². The summed E-state index contributed by atoms with van der Waals surface area (Å²) in [6, 6.07) is 8.04. The number of hydrogen-bond donors (Lipinski definition) is 2. The number of likely N-dealkylation sites (N-methyl/N-ethyl adjacent to an activating group) is 1. The molecule has 1 aliphatic carbocycles. The molecule has 0 aromatic heterocycles. The SMILES string of the molecule is CNC1CCCN(C(=O)c2ccc(CNC(=O)C3CCCC3)cc2)C1.Cl. The van der Waals surface area contributed by atoms with Crippen molar-refractivity contribution in [2.75, 3.05) is 20.1 Å². The molecule has 2 amide bonds. The highest BCUT2D eigenvalue weighted by molar-refractivity contribution is 5.94. The van der Waals surface area contributed by atoms with Crippen molar-refractivity contribution in [3.63, 3.8) is 0 Å². The summed E-state index contributed by atoms with van der Waals surface area (Å²) in [7, 11) is 1.95. The van der Waals surface area contributed by atoms with Crippen LogP contribution in [0.4, 0.5) is 0 Å². The van der Waals surface area contributed by atoms with Crippen LogP contribution in [0.5, 0.6) is 0 Å². The lowest BCUT2D eigenvalue weighted by atomic mass is 10.0. The number of nitrogens with zero attached hydrogens (tertiary/aromatic N) is 1. The van der Waals surface area contributed by atoms with Gasteiger partial charge in [0.15, 0.2) is 0 Å². The minimum atomic E-state index is 0. The van der Waals surface area contributed by atoms with Crippen molar-refractivity contribution in [2.24, 2.45) is 5.92 Å². The van der Waals surface area contributed by atoms with Crippen molar-refractivity contribution in [2.45, 2.75) is 51.1 Å². The van der Waals surface area contributed by atoms with Crippen molar-refractivity contribution in [1.82, 2.24) is 15.5 Å². The van der Waals surface area contributed by atoms with Gasteiger partial charge in [-0.2, -0.15) is 0 Å². The Balaban J connectivity index is 0.00000243. The number of amides is 2. The Morgan fingerprint density at radius 2 is 1.77 bits per heavy atom. The molecule has 1 heterocycles. The van der Waals surface area contributed by atoms with Gasteiger partial charge < -0.3 is 15.5 Å². The zero-order valence-corrected chi connectivity index (χ0v) is 16.3. The standard InChI is InChI=1S/C20H29N3O2.ClH/c1-21-18-7-4-12-23(14-18)20(25)17-10-8-15(9-11-17)13-22-19(24)16-5-2-3-6-16;/h8-11,16,18,21H,2-7,12-14H2,1H3,(H,22,24);1H. The van der Waals surface area contributed by atoms with E-state index in [0.29, 0.717) is 12.6 Å². The Hall–Kier alpha value is -1.59. The third-order valence-corrected chi connectivity index (χ3v) is 5.51. The van der Waals surface area contributed by atoms with Crippen LogP contribution in [0.25, 0.3) is 0 Å². The molecule has 2 N–H and O–H groups in total. The molecule has 26 heavy (non-hydrogen) atoms. The van der Waals surface area contributed by atoms with Gasteiger partial charge in [-0.25, -0.2) is 0 Å². The first kappa shape index (κ1) is 20.7. The molecule has 6 heteroatoms. The van der Waals surface area contributed by atoms with Crippen LogP contribution in [0.1, 0.15) is 54.4 Å². The molecule has 0 spiro atoms. The Labute approximate surface area is 162 Å². The van der Waals surface area contributed by atoms with Gasteiger partial charge in [0.25, 0.3) is 5.91 Å². The molecule has 1 aliphatic heterocycles. The monoisotopic (exact) mass is 379 g/mol. The molecular formula is C20H30ClN3O2. The number of hydrogen-bond acceptors (Lipinski definition) is 3. The molecule has 1 aromatic carbocycles. The van der Waals surface area contributed by atoms with Crippen LogP contribution >= 0.6 is 12.4 Å². The van der Waals surface area contributed by atoms with Gasteiger partial charge in [-0.3, -0.25) is 9.59 Å². The van der Waals surface area contributed by atoms with Gasteiger partial charge in [0.2, 0.25) is 5.91 Å². The second-order valence-corrected chi connectivity index (χ2v) is 7.28. The molecule has 3 rings (SSSR count). The molecular weight excluding hydrogens is 350 g/mol. The third-order valence-electron chi connectivity index (χ3n) is 5.51. The van der Waals surface area contributed by atoms with Crippen LogP contribution in [-0.2, 0) is 11.3 Å². The fourth-order valence-corrected chi connectivity index (χ4v) is 3.87. The maximum atomic E-state index is 12.6. The minimum absolute atomic E-state index is 0. The first-order valence-electron chi connectivity index (χ1n) is 9.50. The van der Waals surface area contributed by atoms with Crippen molar-refractivity contribution >= 4 is 24.2 Å². The molecule has 0 bridgehead atoms. The number of carbonyl (C=O) groups is 2. The average Bonchev–Trinajstić information content (AvgIpc) is 3.21. The Morgan fingerprint density at radius 1 is 1.08 bits per heavy atom. The van der Waals surface area contributed by atoms with Gasteiger partial charge in [-0.1, -0.05) is 25.0 Å². The van der Waals surface area contributed by atoms with E-state index in [1.54, 1.807) is 0 Å². The highest BCUT2D eigenvalue weighted by Crippen LogP contribution is 2.24. The lowest BCUT2D eigenvalue weighted by Crippen LogP contribution is -2.46. The summed E-state index contributed by atoms with van der Waals surface area (Å²) in [5.74, 6) is 0.464. The zero-order valence-electron chi connectivity index (χ0n) is 15.5. The normalized spacial score (nSPS) is 20.5. The highest BCUT2D eigenvalue weighted by atomic mass is 35.5. The molecule has 1 saturated carbocycles. The van der Waals surface area contributed by atoms with Gasteiger partial charge in [0, 0.05) is 37.2 Å². The summed E-state index contributed by atoms with van der Waals surface area (Å²) in [5.41, 5.74) is 1.76. The summed E-state index contributed by atoms with van der Waals surface area (Å²) in [6.45, 7) is 2.14. The number of rotatable bonds is 5. The fraction of sp³-hybridized carbons (Fsp3) is 0.600. The molecule has 0 radical (unpaired) electrons. The van der Waals surface area contributed by atoms with Crippen molar-refractivity contribution in [3.8, 4) is 0 Å². The lowest BCUT2D eigenvalue weighted by molar-refractivity contribution is -0.124. The predicted molar refractivity (Wildman–Crippen MR) is 105 cm³/mol. The maximum Gasteiger partial charge on any atom is 0.253 e. The summed E-state index contributed by atoms with van der Waals surface area (Å²) < 4.78 is 0. The molecule has 2 fully saturated rings. The minimum Gasteiger partial charge on any atom is -0.352 e. The first-order chi connectivity index (χ1) is 12.2. The van der Waals surface area contributed by atoms with Gasteiger partial charge in [0.05, 0.1) is 0 Å². The van der Waals surface area contributed by atoms with Crippen LogP contribution < -0.4 is 10.6 Å². The van der Waals surface area contributed by atoms with Crippen molar-refractivity contribution < 1.29 is 9.59 Å². The van der Waals surface area contributed by atoms with E-state index in [0.717, 1.165) is 49.9 Å². The molecule has 144 valence electrons. The van der Waals surface area contributed by atoms with E-state index in [9.17, 15) is 9.59 Å². The molecule has 5 nitrogen and oxygen atoms in total. The van der Waals surface area contributed by atoms with Gasteiger partial charge >= 0.3 is 0 Å². The number of likely N-dealkylation sites (tertiary alicyclic amines) is 1. The number of benzene rings is 1. The summed E-state index contributed by atoms with van der Waals surface area (Å²) in [4.78, 5) is 26.7. The molecule has 1 unspecified atom stereocenters. The van der Waals surface area contributed by atoms with Gasteiger partial charge in [0.1, 0.15) is 0 Å².